The maximum absolute atomic E-state index is 13.1. The Balaban J connectivity index is 5.17. The number of ether oxygens (including phenoxy) is 4. The van der Waals surface area contributed by atoms with Gasteiger partial charge in [-0.2, -0.15) is 0 Å². The number of phosphoric acid groups is 2. The maximum Gasteiger partial charge on any atom is 0.472 e. The third-order valence-corrected chi connectivity index (χ3v) is 22.0. The van der Waals surface area contributed by atoms with Gasteiger partial charge in [0.15, 0.2) is 12.2 Å². The number of phosphoric ester groups is 2. The van der Waals surface area contributed by atoms with Gasteiger partial charge in [-0.25, -0.2) is 9.13 Å². The SMILES string of the molecule is CCCCCCCCCCCCCCCCCCCCCCC(=O)OC[C@H](COP(=O)(O)OC[C@@H](O)COP(=O)(O)OC[C@@H](COC(=O)CCCCCCCCCC)OC(=O)CCCCCCCCCCCCCCC)OC(=O)CCCCCCCCCCCCCCCCCCCCC(C)CC. The van der Waals surface area contributed by atoms with Crippen LogP contribution in [0.3, 0.4) is 0 Å². The first-order valence-corrected chi connectivity index (χ1v) is 46.7. The molecule has 0 bridgehead atoms. The average Bonchev–Trinajstić information content (AvgIpc) is 0.927. The summed E-state index contributed by atoms with van der Waals surface area (Å²) in [6.45, 7) is 7.39. The lowest BCUT2D eigenvalue weighted by Crippen LogP contribution is -2.30. The number of carbonyl (C=O) groups excluding carboxylic acids is 4. The predicted octanol–water partition coefficient (Wildman–Crippen LogP) is 25.6. The minimum atomic E-state index is -4.96. The summed E-state index contributed by atoms with van der Waals surface area (Å²) in [5, 5.41) is 10.6. The molecule has 0 saturated carbocycles. The molecule has 0 aromatic heterocycles. The number of hydrogen-bond acceptors (Lipinski definition) is 15. The van der Waals surface area contributed by atoms with Crippen molar-refractivity contribution in [2.24, 2.45) is 5.92 Å². The normalized spacial score (nSPS) is 14.1. The molecule has 0 amide bonds. The summed E-state index contributed by atoms with van der Waals surface area (Å²) in [7, 11) is -9.92. The molecule has 17 nitrogen and oxygen atoms in total. The van der Waals surface area contributed by atoms with E-state index in [0.29, 0.717) is 25.7 Å². The summed E-state index contributed by atoms with van der Waals surface area (Å²) in [6, 6.07) is 0. The van der Waals surface area contributed by atoms with E-state index in [9.17, 15) is 43.2 Å². The molecule has 0 aromatic carbocycles. The Kier molecular flexibility index (Phi) is 75.4. The number of esters is 4. The van der Waals surface area contributed by atoms with Crippen molar-refractivity contribution in [1.82, 2.24) is 0 Å². The van der Waals surface area contributed by atoms with Crippen LogP contribution in [0.4, 0.5) is 0 Å². The molecule has 0 saturated heterocycles. The van der Waals surface area contributed by atoms with Crippen LogP contribution in [0.5, 0.6) is 0 Å². The van der Waals surface area contributed by atoms with Crippen molar-refractivity contribution < 1.29 is 80.2 Å². The van der Waals surface area contributed by atoms with Crippen LogP contribution in [0.15, 0.2) is 0 Å². The number of unbranched alkanes of at least 4 members (excludes halogenated alkanes) is 55. The highest BCUT2D eigenvalue weighted by atomic mass is 31.2. The van der Waals surface area contributed by atoms with Gasteiger partial charge in [-0.1, -0.05) is 401 Å². The third kappa shape index (κ3) is 76.6. The zero-order chi connectivity index (χ0) is 75.5. The summed E-state index contributed by atoms with van der Waals surface area (Å²) < 4.78 is 68.7. The van der Waals surface area contributed by atoms with Gasteiger partial charge in [0.1, 0.15) is 19.3 Å². The van der Waals surface area contributed by atoms with Gasteiger partial charge >= 0.3 is 39.5 Å². The average molecular weight is 1510 g/mol. The van der Waals surface area contributed by atoms with Crippen molar-refractivity contribution in [3.63, 3.8) is 0 Å². The molecule has 0 aliphatic rings. The number of aliphatic hydroxyl groups excluding tert-OH is 1. The minimum Gasteiger partial charge on any atom is -0.462 e. The van der Waals surface area contributed by atoms with E-state index in [0.717, 1.165) is 102 Å². The second kappa shape index (κ2) is 76.8. The zero-order valence-corrected chi connectivity index (χ0v) is 69.3. The van der Waals surface area contributed by atoms with E-state index < -0.39 is 97.5 Å². The second-order valence-electron chi connectivity index (χ2n) is 30.5. The molecule has 0 aliphatic heterocycles. The molecule has 0 rings (SSSR count). The molecule has 19 heteroatoms. The molecule has 0 radical (unpaired) electrons. The number of carbonyl (C=O) groups is 4. The van der Waals surface area contributed by atoms with Gasteiger partial charge in [0, 0.05) is 25.7 Å². The molecule has 0 aliphatic carbocycles. The van der Waals surface area contributed by atoms with E-state index in [4.69, 9.17) is 37.0 Å². The van der Waals surface area contributed by atoms with Crippen LogP contribution in [0.1, 0.15) is 452 Å². The highest BCUT2D eigenvalue weighted by molar-refractivity contribution is 7.47. The van der Waals surface area contributed by atoms with Crippen molar-refractivity contribution in [3.8, 4) is 0 Å². The first kappa shape index (κ1) is 101. The monoisotopic (exact) mass is 1510 g/mol. The molecule has 612 valence electrons. The van der Waals surface area contributed by atoms with Crippen LogP contribution in [0.2, 0.25) is 0 Å². The van der Waals surface area contributed by atoms with Gasteiger partial charge in [-0.05, 0) is 31.6 Å². The molecule has 6 atom stereocenters. The van der Waals surface area contributed by atoms with Crippen molar-refractivity contribution >= 4 is 39.5 Å². The Morgan fingerprint density at radius 1 is 0.272 bits per heavy atom. The van der Waals surface area contributed by atoms with Gasteiger partial charge in [-0.3, -0.25) is 37.3 Å². The fraction of sp³-hybridized carbons (Fsp3) is 0.952. The van der Waals surface area contributed by atoms with Crippen molar-refractivity contribution in [3.05, 3.63) is 0 Å². The van der Waals surface area contributed by atoms with Crippen molar-refractivity contribution in [1.29, 1.82) is 0 Å². The highest BCUT2D eigenvalue weighted by Gasteiger charge is 2.30. The molecular formula is C84H164O17P2. The molecule has 0 aromatic rings. The Bertz CT molecular complexity index is 1960. The highest BCUT2D eigenvalue weighted by Crippen LogP contribution is 2.45. The Hall–Kier alpha value is -1.94. The fourth-order valence-corrected chi connectivity index (χ4v) is 14.7. The van der Waals surface area contributed by atoms with Gasteiger partial charge in [0.2, 0.25) is 0 Å². The second-order valence-corrected chi connectivity index (χ2v) is 33.4. The molecular weight excluding hydrogens is 1340 g/mol. The number of hydrogen-bond donors (Lipinski definition) is 3. The largest absolute Gasteiger partial charge is 0.472 e. The number of aliphatic hydroxyl groups is 1. The maximum atomic E-state index is 13.1. The standard InChI is InChI=1S/C84H164O17P2/c1-6-10-13-16-19-22-24-26-27-28-29-30-34-37-41-44-48-53-58-63-68-82(87)95-74-80(101-84(89)70-65-60-55-50-46-42-38-35-32-31-33-36-40-43-47-51-56-61-66-77(5)9-4)76-99-103(92,93)97-72-78(85)71-96-102(90,91)98-75-79(73-94-81(86)67-62-57-52-21-18-15-12-8-3)100-83(88)69-64-59-54-49-45-39-25-23-20-17-14-11-7-2/h77-80,85H,6-76H2,1-5H3,(H,90,91)(H,92,93)/t77?,78-,79+,80+/m0/s1. The van der Waals surface area contributed by atoms with E-state index in [1.165, 1.54) is 270 Å². The van der Waals surface area contributed by atoms with E-state index >= 15 is 0 Å². The Morgan fingerprint density at radius 2 is 0.466 bits per heavy atom. The third-order valence-electron chi connectivity index (χ3n) is 20.1. The number of rotatable bonds is 84. The summed E-state index contributed by atoms with van der Waals surface area (Å²) in [5.74, 6) is -1.23. The summed E-state index contributed by atoms with van der Waals surface area (Å²) in [4.78, 5) is 73.0. The molecule has 3 N–H and O–H groups in total. The lowest BCUT2D eigenvalue weighted by Gasteiger charge is -2.21. The van der Waals surface area contributed by atoms with Crippen molar-refractivity contribution in [2.45, 2.75) is 470 Å². The molecule has 3 unspecified atom stereocenters. The lowest BCUT2D eigenvalue weighted by atomic mass is 9.99. The Labute approximate surface area is 632 Å². The van der Waals surface area contributed by atoms with E-state index in [1.54, 1.807) is 0 Å². The first-order chi connectivity index (χ1) is 50.1. The van der Waals surface area contributed by atoms with E-state index in [1.807, 2.05) is 0 Å². The summed E-state index contributed by atoms with van der Waals surface area (Å²) in [6.07, 6.45) is 69.5. The molecule has 0 heterocycles. The van der Waals surface area contributed by atoms with E-state index in [2.05, 4.69) is 34.6 Å². The summed E-state index contributed by atoms with van der Waals surface area (Å²) in [5.41, 5.74) is 0. The predicted molar refractivity (Wildman–Crippen MR) is 423 cm³/mol. The van der Waals surface area contributed by atoms with E-state index in [-0.39, 0.29) is 25.7 Å². The van der Waals surface area contributed by atoms with Crippen LogP contribution < -0.4 is 0 Å². The topological polar surface area (TPSA) is 237 Å². The van der Waals surface area contributed by atoms with Crippen LogP contribution in [-0.4, -0.2) is 96.7 Å². The first-order valence-electron chi connectivity index (χ1n) is 43.7. The van der Waals surface area contributed by atoms with Crippen molar-refractivity contribution in [2.75, 3.05) is 39.6 Å². The fourth-order valence-electron chi connectivity index (χ4n) is 13.1. The van der Waals surface area contributed by atoms with Gasteiger partial charge < -0.3 is 33.8 Å². The quantitative estimate of drug-likeness (QED) is 0.0222. The Morgan fingerprint density at radius 3 is 0.689 bits per heavy atom. The molecule has 0 spiro atoms. The minimum absolute atomic E-state index is 0.108. The van der Waals surface area contributed by atoms with Crippen LogP contribution in [-0.2, 0) is 65.4 Å². The summed E-state index contributed by atoms with van der Waals surface area (Å²) >= 11 is 0. The van der Waals surface area contributed by atoms with Crippen LogP contribution >= 0.6 is 15.6 Å². The molecule has 0 fully saturated rings. The van der Waals surface area contributed by atoms with Gasteiger partial charge in [-0.15, -0.1) is 0 Å². The molecule has 103 heavy (non-hydrogen) atoms. The van der Waals surface area contributed by atoms with Crippen LogP contribution in [0.25, 0.3) is 0 Å². The zero-order valence-electron chi connectivity index (χ0n) is 67.5. The lowest BCUT2D eigenvalue weighted by molar-refractivity contribution is -0.161. The smallest absolute Gasteiger partial charge is 0.462 e. The van der Waals surface area contributed by atoms with Gasteiger partial charge in [0.05, 0.1) is 26.4 Å². The van der Waals surface area contributed by atoms with Gasteiger partial charge in [0.25, 0.3) is 0 Å². The van der Waals surface area contributed by atoms with Crippen LogP contribution in [0, 0.1) is 5.92 Å².